The van der Waals surface area contributed by atoms with Crippen LogP contribution in [0, 0.1) is 11.3 Å². The van der Waals surface area contributed by atoms with E-state index in [1.165, 1.54) is 0 Å². The van der Waals surface area contributed by atoms with Crippen LogP contribution in [-0.2, 0) is 13.1 Å². The first kappa shape index (κ1) is 9.68. The third-order valence-electron chi connectivity index (χ3n) is 1.75. The van der Waals surface area contributed by atoms with E-state index in [1.807, 2.05) is 23.6 Å². The van der Waals surface area contributed by atoms with Crippen LogP contribution >= 0.6 is 0 Å². The van der Waals surface area contributed by atoms with E-state index >= 15 is 0 Å². The van der Waals surface area contributed by atoms with Crippen LogP contribution in [0.25, 0.3) is 0 Å². The molecule has 5 heteroatoms. The van der Waals surface area contributed by atoms with Crippen molar-refractivity contribution in [3.63, 3.8) is 0 Å². The SMILES string of the molecule is CCn1ncnc1CN(C)CC#N. The van der Waals surface area contributed by atoms with Gasteiger partial charge >= 0.3 is 0 Å². The zero-order chi connectivity index (χ0) is 9.68. The van der Waals surface area contributed by atoms with Gasteiger partial charge < -0.3 is 0 Å². The van der Waals surface area contributed by atoms with E-state index in [4.69, 9.17) is 5.26 Å². The van der Waals surface area contributed by atoms with E-state index in [0.717, 1.165) is 12.4 Å². The summed E-state index contributed by atoms with van der Waals surface area (Å²) in [5, 5.41) is 12.5. The van der Waals surface area contributed by atoms with E-state index in [1.54, 1.807) is 6.33 Å². The average Bonchev–Trinajstić information content (AvgIpc) is 2.52. The summed E-state index contributed by atoms with van der Waals surface area (Å²) in [5.74, 6) is 0.903. The Morgan fingerprint density at radius 1 is 1.69 bits per heavy atom. The molecule has 0 radical (unpaired) electrons. The Kier molecular flexibility index (Phi) is 3.41. The van der Waals surface area contributed by atoms with E-state index in [2.05, 4.69) is 16.2 Å². The second-order valence-electron chi connectivity index (χ2n) is 2.82. The molecule has 0 N–H and O–H groups in total. The Balaban J connectivity index is 2.58. The van der Waals surface area contributed by atoms with Gasteiger partial charge in [-0.15, -0.1) is 0 Å². The van der Waals surface area contributed by atoms with Crippen molar-refractivity contribution in [2.75, 3.05) is 13.6 Å². The summed E-state index contributed by atoms with van der Waals surface area (Å²) in [5.41, 5.74) is 0. The van der Waals surface area contributed by atoms with Crippen molar-refractivity contribution < 1.29 is 0 Å². The lowest BCUT2D eigenvalue weighted by Crippen LogP contribution is -2.20. The minimum absolute atomic E-state index is 0.413. The standard InChI is InChI=1S/C8H13N5/c1-3-13-8(10-7-11-13)6-12(2)5-4-9/h7H,3,5-6H2,1-2H3. The van der Waals surface area contributed by atoms with Gasteiger partial charge in [-0.3, -0.25) is 4.90 Å². The summed E-state index contributed by atoms with van der Waals surface area (Å²) >= 11 is 0. The number of aromatic nitrogens is 3. The molecule has 0 aliphatic carbocycles. The molecule has 0 fully saturated rings. The molecule has 0 unspecified atom stereocenters. The Labute approximate surface area is 77.6 Å². The van der Waals surface area contributed by atoms with E-state index < -0.39 is 0 Å². The molecule has 1 aromatic rings. The smallest absolute Gasteiger partial charge is 0.141 e. The first-order chi connectivity index (χ1) is 6.27. The highest BCUT2D eigenvalue weighted by Crippen LogP contribution is 1.97. The van der Waals surface area contributed by atoms with Gasteiger partial charge in [-0.2, -0.15) is 10.4 Å². The predicted molar refractivity (Wildman–Crippen MR) is 47.6 cm³/mol. The zero-order valence-corrected chi connectivity index (χ0v) is 7.93. The molecule has 1 heterocycles. The molecule has 0 atom stereocenters. The second kappa shape index (κ2) is 4.58. The summed E-state index contributed by atoms with van der Waals surface area (Å²) in [6.07, 6.45) is 1.54. The fourth-order valence-electron chi connectivity index (χ4n) is 1.09. The molecule has 0 bridgehead atoms. The van der Waals surface area contributed by atoms with Crippen LogP contribution in [0.2, 0.25) is 0 Å². The van der Waals surface area contributed by atoms with Gasteiger partial charge in [0.15, 0.2) is 0 Å². The maximum atomic E-state index is 8.46. The predicted octanol–water partition coefficient (Wildman–Crippen LogP) is 0.253. The highest BCUT2D eigenvalue weighted by molar-refractivity contribution is 4.86. The molecule has 0 saturated carbocycles. The number of hydrogen-bond donors (Lipinski definition) is 0. The molecule has 0 aliphatic heterocycles. The molecular formula is C8H13N5. The van der Waals surface area contributed by atoms with Crippen LogP contribution in [0.1, 0.15) is 12.7 Å². The van der Waals surface area contributed by atoms with Crippen LogP contribution in [0.4, 0.5) is 0 Å². The van der Waals surface area contributed by atoms with Crippen LogP contribution in [-0.4, -0.2) is 33.3 Å². The maximum Gasteiger partial charge on any atom is 0.141 e. The first-order valence-corrected chi connectivity index (χ1v) is 4.20. The molecule has 1 rings (SSSR count). The number of nitriles is 1. The van der Waals surface area contributed by atoms with Crippen LogP contribution in [0.5, 0.6) is 0 Å². The monoisotopic (exact) mass is 179 g/mol. The Morgan fingerprint density at radius 3 is 3.08 bits per heavy atom. The second-order valence-corrected chi connectivity index (χ2v) is 2.82. The molecule has 0 aliphatic rings. The number of aryl methyl sites for hydroxylation is 1. The third-order valence-corrected chi connectivity index (χ3v) is 1.75. The van der Waals surface area contributed by atoms with Gasteiger partial charge in [-0.1, -0.05) is 0 Å². The van der Waals surface area contributed by atoms with Gasteiger partial charge in [-0.05, 0) is 14.0 Å². The van der Waals surface area contributed by atoms with Crippen molar-refractivity contribution >= 4 is 0 Å². The van der Waals surface area contributed by atoms with Crippen molar-refractivity contribution in [3.05, 3.63) is 12.2 Å². The summed E-state index contributed by atoms with van der Waals surface area (Å²) in [4.78, 5) is 6.01. The highest BCUT2D eigenvalue weighted by atomic mass is 15.3. The molecule has 0 aromatic carbocycles. The molecule has 0 spiro atoms. The van der Waals surface area contributed by atoms with Crippen LogP contribution in [0.15, 0.2) is 6.33 Å². The van der Waals surface area contributed by atoms with E-state index in [9.17, 15) is 0 Å². The van der Waals surface area contributed by atoms with Crippen molar-refractivity contribution in [2.24, 2.45) is 0 Å². The topological polar surface area (TPSA) is 57.7 Å². The third kappa shape index (κ3) is 2.53. The van der Waals surface area contributed by atoms with Gasteiger partial charge in [0.2, 0.25) is 0 Å². The van der Waals surface area contributed by atoms with Gasteiger partial charge in [0, 0.05) is 6.54 Å². The number of hydrogen-bond acceptors (Lipinski definition) is 4. The van der Waals surface area contributed by atoms with Crippen LogP contribution in [0.3, 0.4) is 0 Å². The van der Waals surface area contributed by atoms with E-state index in [0.29, 0.717) is 13.1 Å². The van der Waals surface area contributed by atoms with Crippen molar-refractivity contribution in [1.82, 2.24) is 19.7 Å². The number of nitrogens with zero attached hydrogens (tertiary/aromatic N) is 5. The lowest BCUT2D eigenvalue weighted by atomic mass is 10.5. The minimum atomic E-state index is 0.413. The largest absolute Gasteiger partial charge is 0.286 e. The summed E-state index contributed by atoms with van der Waals surface area (Å²) in [7, 11) is 1.89. The summed E-state index contributed by atoms with van der Waals surface area (Å²) in [6.45, 7) is 3.91. The molecule has 70 valence electrons. The average molecular weight is 179 g/mol. The molecule has 1 aromatic heterocycles. The maximum absolute atomic E-state index is 8.46. The summed E-state index contributed by atoms with van der Waals surface area (Å²) < 4.78 is 1.83. The lowest BCUT2D eigenvalue weighted by molar-refractivity contribution is 0.346. The van der Waals surface area contributed by atoms with E-state index in [-0.39, 0.29) is 0 Å². The van der Waals surface area contributed by atoms with Crippen molar-refractivity contribution in [3.8, 4) is 6.07 Å². The summed E-state index contributed by atoms with van der Waals surface area (Å²) in [6, 6.07) is 2.09. The van der Waals surface area contributed by atoms with Gasteiger partial charge in [0.25, 0.3) is 0 Å². The van der Waals surface area contributed by atoms with Crippen molar-refractivity contribution in [2.45, 2.75) is 20.0 Å². The molecule has 13 heavy (non-hydrogen) atoms. The Bertz CT molecular complexity index is 298. The lowest BCUT2D eigenvalue weighted by Gasteiger charge is -2.11. The van der Waals surface area contributed by atoms with Crippen LogP contribution < -0.4 is 0 Å². The van der Waals surface area contributed by atoms with Gasteiger partial charge in [0.1, 0.15) is 12.2 Å². The van der Waals surface area contributed by atoms with Gasteiger partial charge in [0.05, 0.1) is 19.2 Å². The number of rotatable bonds is 4. The molecule has 5 nitrogen and oxygen atoms in total. The normalized spacial score (nSPS) is 10.3. The first-order valence-electron chi connectivity index (χ1n) is 4.20. The zero-order valence-electron chi connectivity index (χ0n) is 7.93. The fourth-order valence-corrected chi connectivity index (χ4v) is 1.09. The quantitative estimate of drug-likeness (QED) is 0.622. The Morgan fingerprint density at radius 2 is 2.46 bits per heavy atom. The Hall–Kier alpha value is -1.41. The highest BCUT2D eigenvalue weighted by Gasteiger charge is 2.05. The molecular weight excluding hydrogens is 166 g/mol. The molecule has 0 amide bonds. The molecule has 0 saturated heterocycles. The fraction of sp³-hybridized carbons (Fsp3) is 0.625. The van der Waals surface area contributed by atoms with Gasteiger partial charge in [-0.25, -0.2) is 9.67 Å². The minimum Gasteiger partial charge on any atom is -0.286 e. The van der Waals surface area contributed by atoms with Crippen molar-refractivity contribution in [1.29, 1.82) is 5.26 Å².